The Bertz CT molecular complexity index is 433. The molecule has 0 bridgehead atoms. The highest BCUT2D eigenvalue weighted by molar-refractivity contribution is 9.11. The molecule has 0 amide bonds. The third kappa shape index (κ3) is 4.08. The first-order valence-electron chi connectivity index (χ1n) is 8.09. The van der Waals surface area contributed by atoms with E-state index in [4.69, 9.17) is 5.73 Å². The quantitative estimate of drug-likeness (QED) is 0.790. The van der Waals surface area contributed by atoms with E-state index in [9.17, 15) is 0 Å². The third-order valence-electron chi connectivity index (χ3n) is 4.68. The Labute approximate surface area is 141 Å². The Morgan fingerprint density at radius 2 is 2.10 bits per heavy atom. The predicted octanol–water partition coefficient (Wildman–Crippen LogP) is 3.71. The lowest BCUT2D eigenvalue weighted by molar-refractivity contribution is 0.173. The van der Waals surface area contributed by atoms with E-state index in [1.807, 2.05) is 11.3 Å². The summed E-state index contributed by atoms with van der Waals surface area (Å²) in [7, 11) is 0. The molecule has 1 saturated heterocycles. The van der Waals surface area contributed by atoms with Crippen molar-refractivity contribution in [2.45, 2.75) is 51.7 Å². The van der Waals surface area contributed by atoms with Gasteiger partial charge in [0.2, 0.25) is 0 Å². The molecule has 1 aliphatic heterocycles. The van der Waals surface area contributed by atoms with Crippen molar-refractivity contribution in [2.75, 3.05) is 26.2 Å². The smallest absolute Gasteiger partial charge is 0.0702 e. The second-order valence-corrected chi connectivity index (χ2v) is 8.31. The predicted molar refractivity (Wildman–Crippen MR) is 95.9 cm³/mol. The minimum absolute atomic E-state index is 0.214. The van der Waals surface area contributed by atoms with Crippen molar-refractivity contribution in [2.24, 2.45) is 5.73 Å². The molecule has 0 radical (unpaired) electrons. The van der Waals surface area contributed by atoms with Crippen LogP contribution in [-0.4, -0.2) is 48.1 Å². The lowest BCUT2D eigenvalue weighted by Gasteiger charge is -2.33. The summed E-state index contributed by atoms with van der Waals surface area (Å²) in [5.74, 6) is 0. The highest BCUT2D eigenvalue weighted by Gasteiger charge is 2.34. The summed E-state index contributed by atoms with van der Waals surface area (Å²) in [4.78, 5) is 6.59. The SMILES string of the molecule is CCC(N)C(c1ccc(Br)s1)N1CCC(N(CC)CC)C1. The third-order valence-corrected chi connectivity index (χ3v) is 6.37. The second kappa shape index (κ2) is 8.06. The van der Waals surface area contributed by atoms with Crippen molar-refractivity contribution in [1.82, 2.24) is 9.80 Å². The van der Waals surface area contributed by atoms with Gasteiger partial charge in [-0.05, 0) is 54.0 Å². The molecule has 1 aromatic heterocycles. The van der Waals surface area contributed by atoms with Crippen LogP contribution >= 0.6 is 27.3 Å². The first kappa shape index (κ1) is 17.4. The van der Waals surface area contributed by atoms with Gasteiger partial charge in [0.05, 0.1) is 9.83 Å². The number of likely N-dealkylation sites (N-methyl/N-ethyl adjacent to an activating group) is 1. The monoisotopic (exact) mass is 373 g/mol. The van der Waals surface area contributed by atoms with E-state index < -0.39 is 0 Å². The number of hydrogen-bond acceptors (Lipinski definition) is 4. The molecule has 0 spiro atoms. The molecule has 0 saturated carbocycles. The number of halogens is 1. The molecule has 2 rings (SSSR count). The van der Waals surface area contributed by atoms with Gasteiger partial charge in [0.25, 0.3) is 0 Å². The van der Waals surface area contributed by atoms with Crippen molar-refractivity contribution < 1.29 is 0 Å². The minimum Gasteiger partial charge on any atom is -0.326 e. The molecule has 3 nitrogen and oxygen atoms in total. The van der Waals surface area contributed by atoms with Crippen LogP contribution in [0.1, 0.15) is 44.5 Å². The van der Waals surface area contributed by atoms with Crippen LogP contribution in [-0.2, 0) is 0 Å². The van der Waals surface area contributed by atoms with Crippen LogP contribution in [0.5, 0.6) is 0 Å². The van der Waals surface area contributed by atoms with E-state index >= 15 is 0 Å². The van der Waals surface area contributed by atoms with Gasteiger partial charge in [0.1, 0.15) is 0 Å². The fraction of sp³-hybridized carbons (Fsp3) is 0.750. The Kier molecular flexibility index (Phi) is 6.69. The van der Waals surface area contributed by atoms with Crippen LogP contribution < -0.4 is 5.73 Å². The number of thiophene rings is 1. The molecular formula is C16H28BrN3S. The average Bonchev–Trinajstić information content (AvgIpc) is 3.11. The fourth-order valence-electron chi connectivity index (χ4n) is 3.43. The maximum Gasteiger partial charge on any atom is 0.0702 e. The number of nitrogens with zero attached hydrogens (tertiary/aromatic N) is 2. The molecule has 2 N–H and O–H groups in total. The summed E-state index contributed by atoms with van der Waals surface area (Å²) < 4.78 is 1.20. The van der Waals surface area contributed by atoms with E-state index in [0.29, 0.717) is 12.1 Å². The van der Waals surface area contributed by atoms with Gasteiger partial charge in [0, 0.05) is 30.1 Å². The summed E-state index contributed by atoms with van der Waals surface area (Å²) in [6.45, 7) is 11.3. The normalized spacial score (nSPS) is 22.9. The van der Waals surface area contributed by atoms with Gasteiger partial charge >= 0.3 is 0 Å². The van der Waals surface area contributed by atoms with Crippen molar-refractivity contribution >= 4 is 27.3 Å². The van der Waals surface area contributed by atoms with Gasteiger partial charge in [-0.2, -0.15) is 0 Å². The Hall–Kier alpha value is 0.0600. The van der Waals surface area contributed by atoms with Crippen LogP contribution in [0.3, 0.4) is 0 Å². The highest BCUT2D eigenvalue weighted by atomic mass is 79.9. The van der Waals surface area contributed by atoms with Gasteiger partial charge in [0.15, 0.2) is 0 Å². The zero-order chi connectivity index (χ0) is 15.4. The molecule has 3 unspecified atom stereocenters. The summed E-state index contributed by atoms with van der Waals surface area (Å²) in [6.07, 6.45) is 2.29. The lowest BCUT2D eigenvalue weighted by Crippen LogP contribution is -2.42. The molecule has 3 atom stereocenters. The largest absolute Gasteiger partial charge is 0.326 e. The van der Waals surface area contributed by atoms with E-state index in [0.717, 1.165) is 32.6 Å². The van der Waals surface area contributed by atoms with Crippen LogP contribution in [0.15, 0.2) is 15.9 Å². The standard InChI is InChI=1S/C16H28BrN3S/c1-4-13(18)16(14-7-8-15(17)21-14)20-10-9-12(11-20)19(5-2)6-3/h7-8,12-13,16H,4-6,9-11,18H2,1-3H3. The summed E-state index contributed by atoms with van der Waals surface area (Å²) in [5, 5.41) is 0. The molecule has 5 heteroatoms. The van der Waals surface area contributed by atoms with Crippen LogP contribution in [0, 0.1) is 0 Å². The molecule has 21 heavy (non-hydrogen) atoms. The zero-order valence-electron chi connectivity index (χ0n) is 13.4. The van der Waals surface area contributed by atoms with E-state index in [1.54, 1.807) is 0 Å². The molecule has 2 heterocycles. The number of nitrogens with two attached hydrogens (primary N) is 1. The average molecular weight is 374 g/mol. The second-order valence-electron chi connectivity index (χ2n) is 5.82. The van der Waals surface area contributed by atoms with Gasteiger partial charge in [-0.25, -0.2) is 0 Å². The van der Waals surface area contributed by atoms with E-state index in [2.05, 4.69) is 58.6 Å². The zero-order valence-corrected chi connectivity index (χ0v) is 15.8. The van der Waals surface area contributed by atoms with Crippen LogP contribution in [0.2, 0.25) is 0 Å². The highest BCUT2D eigenvalue weighted by Crippen LogP contribution is 2.35. The molecular weight excluding hydrogens is 346 g/mol. The van der Waals surface area contributed by atoms with Crippen molar-refractivity contribution in [3.05, 3.63) is 20.8 Å². The van der Waals surface area contributed by atoms with Crippen LogP contribution in [0.4, 0.5) is 0 Å². The molecule has 1 aliphatic rings. The maximum atomic E-state index is 6.46. The number of rotatable bonds is 7. The molecule has 1 fully saturated rings. The fourth-order valence-corrected chi connectivity index (χ4v) is 5.07. The van der Waals surface area contributed by atoms with Crippen LogP contribution in [0.25, 0.3) is 0 Å². The summed E-state index contributed by atoms with van der Waals surface area (Å²) >= 11 is 5.42. The maximum absolute atomic E-state index is 6.46. The van der Waals surface area contributed by atoms with Crippen molar-refractivity contribution in [3.63, 3.8) is 0 Å². The summed E-state index contributed by atoms with van der Waals surface area (Å²) in [5.41, 5.74) is 6.46. The summed E-state index contributed by atoms with van der Waals surface area (Å²) in [6, 6.07) is 5.65. The topological polar surface area (TPSA) is 32.5 Å². The Morgan fingerprint density at radius 1 is 1.38 bits per heavy atom. The first-order chi connectivity index (χ1) is 10.1. The number of likely N-dealkylation sites (tertiary alicyclic amines) is 1. The number of hydrogen-bond donors (Lipinski definition) is 1. The van der Waals surface area contributed by atoms with E-state index in [1.165, 1.54) is 15.1 Å². The van der Waals surface area contributed by atoms with Gasteiger partial charge in [-0.15, -0.1) is 11.3 Å². The van der Waals surface area contributed by atoms with Gasteiger partial charge in [-0.1, -0.05) is 20.8 Å². The first-order valence-corrected chi connectivity index (χ1v) is 9.70. The Balaban J connectivity index is 2.12. The molecule has 1 aromatic rings. The van der Waals surface area contributed by atoms with Crippen molar-refractivity contribution in [3.8, 4) is 0 Å². The minimum atomic E-state index is 0.214. The molecule has 0 aliphatic carbocycles. The van der Waals surface area contributed by atoms with Gasteiger partial charge < -0.3 is 5.73 Å². The van der Waals surface area contributed by atoms with Crippen molar-refractivity contribution in [1.29, 1.82) is 0 Å². The van der Waals surface area contributed by atoms with E-state index in [-0.39, 0.29) is 6.04 Å². The lowest BCUT2D eigenvalue weighted by atomic mass is 10.0. The Morgan fingerprint density at radius 3 is 2.62 bits per heavy atom. The molecule has 0 aromatic carbocycles. The van der Waals surface area contributed by atoms with Gasteiger partial charge in [-0.3, -0.25) is 9.80 Å². The molecule has 120 valence electrons.